The summed E-state index contributed by atoms with van der Waals surface area (Å²) in [5, 5.41) is 2.91. The second-order valence-electron chi connectivity index (χ2n) is 4.91. The third-order valence-electron chi connectivity index (χ3n) is 3.54. The van der Waals surface area contributed by atoms with Crippen LogP contribution in [0.15, 0.2) is 30.3 Å². The molecular weight excluding hydrogens is 250 g/mol. The highest BCUT2D eigenvalue weighted by Crippen LogP contribution is 2.09. The van der Waals surface area contributed by atoms with Crippen molar-refractivity contribution in [1.82, 2.24) is 10.2 Å². The van der Waals surface area contributed by atoms with Gasteiger partial charge in [0.1, 0.15) is 6.04 Å². The molecule has 0 spiro atoms. The first kappa shape index (κ1) is 16.7. The zero-order valence-corrected chi connectivity index (χ0v) is 12.6. The number of amides is 1. The number of carbonyl (C=O) groups is 1. The molecule has 112 valence electrons. The third-order valence-corrected chi connectivity index (χ3v) is 3.54. The molecule has 0 aliphatic carbocycles. The summed E-state index contributed by atoms with van der Waals surface area (Å²) in [6.45, 7) is 8.30. The number of hydrogen-bond donors (Lipinski definition) is 2. The van der Waals surface area contributed by atoms with E-state index in [9.17, 15) is 4.79 Å². The fraction of sp³-hybridized carbons (Fsp3) is 0.562. The number of nitrogens with zero attached hydrogens (tertiary/aromatic N) is 1. The van der Waals surface area contributed by atoms with Crippen molar-refractivity contribution in [3.05, 3.63) is 35.9 Å². The molecule has 0 saturated carbocycles. The summed E-state index contributed by atoms with van der Waals surface area (Å²) in [6, 6.07) is 8.90. The Morgan fingerprint density at radius 2 is 1.85 bits per heavy atom. The highest BCUT2D eigenvalue weighted by molar-refractivity contribution is 5.82. The van der Waals surface area contributed by atoms with Crippen molar-refractivity contribution in [3.8, 4) is 0 Å². The fourth-order valence-electron chi connectivity index (χ4n) is 2.13. The predicted octanol–water partition coefficient (Wildman–Crippen LogP) is 1.92. The van der Waals surface area contributed by atoms with Gasteiger partial charge in [0.25, 0.3) is 0 Å². The molecule has 1 aromatic carbocycles. The Morgan fingerprint density at radius 3 is 2.45 bits per heavy atom. The number of benzene rings is 1. The normalized spacial score (nSPS) is 12.4. The molecule has 4 heteroatoms. The highest BCUT2D eigenvalue weighted by Gasteiger charge is 2.14. The zero-order chi connectivity index (χ0) is 14.8. The minimum atomic E-state index is -0.570. The third kappa shape index (κ3) is 5.72. The summed E-state index contributed by atoms with van der Waals surface area (Å²) in [5.74, 6) is -0.0981. The molecule has 0 aliphatic heterocycles. The van der Waals surface area contributed by atoms with Crippen LogP contribution in [0.2, 0.25) is 0 Å². The van der Waals surface area contributed by atoms with E-state index in [1.165, 1.54) is 0 Å². The van der Waals surface area contributed by atoms with E-state index in [-0.39, 0.29) is 5.91 Å². The van der Waals surface area contributed by atoms with Crippen LogP contribution in [-0.2, 0) is 4.79 Å². The minimum absolute atomic E-state index is 0.0981. The van der Waals surface area contributed by atoms with E-state index in [1.54, 1.807) is 0 Å². The van der Waals surface area contributed by atoms with Gasteiger partial charge in [-0.05, 0) is 38.0 Å². The lowest BCUT2D eigenvalue weighted by Crippen LogP contribution is -2.35. The predicted molar refractivity (Wildman–Crippen MR) is 83.4 cm³/mol. The smallest absolute Gasteiger partial charge is 0.241 e. The quantitative estimate of drug-likeness (QED) is 0.678. The maximum atomic E-state index is 11.9. The standard InChI is InChI=1S/C16H27N3O/c1-3-19(4-2)13-9-8-12-18-16(20)15(17)14-10-6-5-7-11-14/h5-7,10-11,15H,3-4,8-9,12-13,17H2,1-2H3,(H,18,20). The molecule has 0 heterocycles. The van der Waals surface area contributed by atoms with E-state index in [0.29, 0.717) is 6.54 Å². The number of rotatable bonds is 9. The lowest BCUT2D eigenvalue weighted by molar-refractivity contribution is -0.122. The molecule has 1 rings (SSSR count). The molecule has 4 nitrogen and oxygen atoms in total. The Bertz CT molecular complexity index is 377. The van der Waals surface area contributed by atoms with Gasteiger partial charge in [-0.1, -0.05) is 44.2 Å². The maximum absolute atomic E-state index is 11.9. The van der Waals surface area contributed by atoms with Gasteiger partial charge in [-0.15, -0.1) is 0 Å². The van der Waals surface area contributed by atoms with Gasteiger partial charge >= 0.3 is 0 Å². The van der Waals surface area contributed by atoms with Crippen LogP contribution in [0.4, 0.5) is 0 Å². The van der Waals surface area contributed by atoms with E-state index in [4.69, 9.17) is 5.73 Å². The van der Waals surface area contributed by atoms with Gasteiger partial charge < -0.3 is 16.0 Å². The molecule has 0 aliphatic rings. The molecule has 0 saturated heterocycles. The van der Waals surface area contributed by atoms with E-state index in [2.05, 4.69) is 24.1 Å². The second kappa shape index (κ2) is 9.50. The van der Waals surface area contributed by atoms with Crippen LogP contribution in [0, 0.1) is 0 Å². The molecule has 0 bridgehead atoms. The van der Waals surface area contributed by atoms with Crippen molar-refractivity contribution in [2.75, 3.05) is 26.2 Å². The molecule has 1 atom stereocenters. The van der Waals surface area contributed by atoms with Crippen molar-refractivity contribution in [3.63, 3.8) is 0 Å². The van der Waals surface area contributed by atoms with Crippen molar-refractivity contribution in [2.45, 2.75) is 32.7 Å². The lowest BCUT2D eigenvalue weighted by Gasteiger charge is -2.18. The molecule has 1 unspecified atom stereocenters. The molecule has 1 amide bonds. The summed E-state index contributed by atoms with van der Waals surface area (Å²) in [7, 11) is 0. The molecular formula is C16H27N3O. The van der Waals surface area contributed by atoms with Gasteiger partial charge in [0.2, 0.25) is 5.91 Å². The number of unbranched alkanes of at least 4 members (excludes halogenated alkanes) is 1. The Kier molecular flexibility index (Phi) is 7.92. The number of nitrogens with one attached hydrogen (secondary N) is 1. The van der Waals surface area contributed by atoms with Crippen LogP contribution in [0.5, 0.6) is 0 Å². The molecule has 0 fully saturated rings. The van der Waals surface area contributed by atoms with E-state index < -0.39 is 6.04 Å². The van der Waals surface area contributed by atoms with Gasteiger partial charge in [0.05, 0.1) is 0 Å². The Labute approximate surface area is 122 Å². The SMILES string of the molecule is CCN(CC)CCCCNC(=O)C(N)c1ccccc1. The average Bonchev–Trinajstić information content (AvgIpc) is 2.50. The molecule has 1 aromatic rings. The Morgan fingerprint density at radius 1 is 1.20 bits per heavy atom. The molecule has 0 aromatic heterocycles. The maximum Gasteiger partial charge on any atom is 0.241 e. The van der Waals surface area contributed by atoms with Crippen molar-refractivity contribution in [1.29, 1.82) is 0 Å². The molecule has 20 heavy (non-hydrogen) atoms. The topological polar surface area (TPSA) is 58.4 Å². The van der Waals surface area contributed by atoms with Crippen molar-refractivity contribution in [2.24, 2.45) is 5.73 Å². The number of hydrogen-bond acceptors (Lipinski definition) is 3. The van der Waals surface area contributed by atoms with Crippen LogP contribution in [-0.4, -0.2) is 37.0 Å². The first-order valence-electron chi connectivity index (χ1n) is 7.49. The summed E-state index contributed by atoms with van der Waals surface area (Å²) >= 11 is 0. The van der Waals surface area contributed by atoms with Gasteiger partial charge in [-0.2, -0.15) is 0 Å². The number of carbonyl (C=O) groups excluding carboxylic acids is 1. The van der Waals surface area contributed by atoms with Crippen LogP contribution in [0.1, 0.15) is 38.3 Å². The molecule has 3 N–H and O–H groups in total. The van der Waals surface area contributed by atoms with Crippen LogP contribution >= 0.6 is 0 Å². The van der Waals surface area contributed by atoms with Crippen molar-refractivity contribution >= 4 is 5.91 Å². The summed E-state index contributed by atoms with van der Waals surface area (Å²) in [6.07, 6.45) is 2.09. The average molecular weight is 277 g/mol. The summed E-state index contributed by atoms with van der Waals surface area (Å²) in [4.78, 5) is 14.3. The van der Waals surface area contributed by atoms with Crippen molar-refractivity contribution < 1.29 is 4.79 Å². The Hall–Kier alpha value is -1.39. The van der Waals surface area contributed by atoms with Crippen LogP contribution in [0.3, 0.4) is 0 Å². The van der Waals surface area contributed by atoms with Gasteiger partial charge in [-0.25, -0.2) is 0 Å². The van der Waals surface area contributed by atoms with E-state index in [1.807, 2.05) is 30.3 Å². The van der Waals surface area contributed by atoms with Gasteiger partial charge in [0, 0.05) is 6.54 Å². The fourth-order valence-corrected chi connectivity index (χ4v) is 2.13. The largest absolute Gasteiger partial charge is 0.354 e. The summed E-state index contributed by atoms with van der Waals surface area (Å²) < 4.78 is 0. The minimum Gasteiger partial charge on any atom is -0.354 e. The van der Waals surface area contributed by atoms with E-state index >= 15 is 0 Å². The summed E-state index contributed by atoms with van der Waals surface area (Å²) in [5.41, 5.74) is 6.78. The highest BCUT2D eigenvalue weighted by atomic mass is 16.2. The second-order valence-corrected chi connectivity index (χ2v) is 4.91. The lowest BCUT2D eigenvalue weighted by atomic mass is 10.1. The number of nitrogens with two attached hydrogens (primary N) is 1. The first-order chi connectivity index (χ1) is 9.69. The molecule has 0 radical (unpaired) electrons. The first-order valence-corrected chi connectivity index (χ1v) is 7.49. The van der Waals surface area contributed by atoms with Gasteiger partial charge in [0.15, 0.2) is 0 Å². The van der Waals surface area contributed by atoms with Crippen LogP contribution < -0.4 is 11.1 Å². The van der Waals surface area contributed by atoms with E-state index in [0.717, 1.165) is 38.0 Å². The Balaban J connectivity index is 2.20. The monoisotopic (exact) mass is 277 g/mol. The zero-order valence-electron chi connectivity index (χ0n) is 12.6. The van der Waals surface area contributed by atoms with Crippen LogP contribution in [0.25, 0.3) is 0 Å². The van der Waals surface area contributed by atoms with Gasteiger partial charge in [-0.3, -0.25) is 4.79 Å².